The zero-order valence-electron chi connectivity index (χ0n) is 13.3. The molecule has 0 fully saturated rings. The summed E-state index contributed by atoms with van der Waals surface area (Å²) in [7, 11) is 0. The Balaban J connectivity index is 2.12. The fraction of sp³-hybridized carbons (Fsp3) is 0.111. The van der Waals surface area contributed by atoms with Gasteiger partial charge in [-0.15, -0.1) is 0 Å². The molecule has 0 atom stereocenters. The zero-order chi connectivity index (χ0) is 18.1. The van der Waals surface area contributed by atoms with E-state index in [-0.39, 0.29) is 12.1 Å². The van der Waals surface area contributed by atoms with Gasteiger partial charge in [-0.25, -0.2) is 4.79 Å². The van der Waals surface area contributed by atoms with Crippen LogP contribution < -0.4 is 11.4 Å². The monoisotopic (exact) mass is 338 g/mol. The Kier molecular flexibility index (Phi) is 4.06. The van der Waals surface area contributed by atoms with Crippen molar-refractivity contribution in [2.75, 3.05) is 0 Å². The van der Waals surface area contributed by atoms with Gasteiger partial charge in [0.15, 0.2) is 0 Å². The predicted molar refractivity (Wildman–Crippen MR) is 91.6 cm³/mol. The van der Waals surface area contributed by atoms with E-state index in [0.717, 1.165) is 0 Å². The van der Waals surface area contributed by atoms with Crippen molar-refractivity contribution in [1.82, 2.24) is 0 Å². The third-order valence-electron chi connectivity index (χ3n) is 4.07. The van der Waals surface area contributed by atoms with Gasteiger partial charge in [0.2, 0.25) is 5.91 Å². The van der Waals surface area contributed by atoms with Gasteiger partial charge in [0, 0.05) is 35.1 Å². The van der Waals surface area contributed by atoms with Crippen LogP contribution in [-0.4, -0.2) is 10.8 Å². The number of carbonyl (C=O) groups excluding carboxylic acids is 1. The summed E-state index contributed by atoms with van der Waals surface area (Å²) in [4.78, 5) is 34.1. The van der Waals surface area contributed by atoms with E-state index in [9.17, 15) is 19.7 Å². The van der Waals surface area contributed by atoms with E-state index < -0.39 is 16.5 Å². The normalized spacial score (nSPS) is 10.8. The van der Waals surface area contributed by atoms with Gasteiger partial charge in [-0.05, 0) is 36.2 Å². The molecule has 1 heterocycles. The molecule has 1 aromatic heterocycles. The Morgan fingerprint density at radius 1 is 1.24 bits per heavy atom. The standard InChI is InChI=1S/C18H14N2O5/c1-10-14-9-12(17(19)21)5-6-16(14)25-18(22)15(10)8-11-3-2-4-13(7-11)20(23)24/h2-7,9H,8H2,1H3,(H2,19,21). The van der Waals surface area contributed by atoms with Gasteiger partial charge in [0.25, 0.3) is 5.69 Å². The number of amides is 1. The molecule has 0 spiro atoms. The summed E-state index contributed by atoms with van der Waals surface area (Å²) in [5, 5.41) is 11.5. The zero-order valence-corrected chi connectivity index (χ0v) is 13.3. The molecule has 0 saturated carbocycles. The third-order valence-corrected chi connectivity index (χ3v) is 4.07. The van der Waals surface area contributed by atoms with Crippen LogP contribution in [0.25, 0.3) is 11.0 Å². The summed E-state index contributed by atoms with van der Waals surface area (Å²) in [5.74, 6) is -0.576. The van der Waals surface area contributed by atoms with Gasteiger partial charge in [-0.3, -0.25) is 14.9 Å². The Hall–Kier alpha value is -3.48. The van der Waals surface area contributed by atoms with E-state index in [2.05, 4.69) is 0 Å². The minimum atomic E-state index is -0.576. The number of nitrogens with two attached hydrogens (primary N) is 1. The number of benzene rings is 2. The Morgan fingerprint density at radius 2 is 2.00 bits per heavy atom. The molecule has 3 aromatic rings. The molecule has 0 bridgehead atoms. The second-order valence-electron chi connectivity index (χ2n) is 5.67. The summed E-state index contributed by atoms with van der Waals surface area (Å²) in [6.45, 7) is 1.75. The summed E-state index contributed by atoms with van der Waals surface area (Å²) in [6.07, 6.45) is 0.187. The van der Waals surface area contributed by atoms with Crippen molar-refractivity contribution < 1.29 is 14.1 Å². The van der Waals surface area contributed by atoms with Crippen LogP contribution in [0.2, 0.25) is 0 Å². The van der Waals surface area contributed by atoms with Crippen molar-refractivity contribution in [1.29, 1.82) is 0 Å². The van der Waals surface area contributed by atoms with Gasteiger partial charge in [0.1, 0.15) is 5.58 Å². The van der Waals surface area contributed by atoms with E-state index in [1.165, 1.54) is 24.3 Å². The van der Waals surface area contributed by atoms with Crippen LogP contribution >= 0.6 is 0 Å². The van der Waals surface area contributed by atoms with Crippen LogP contribution in [0.4, 0.5) is 5.69 Å². The number of aryl methyl sites for hydroxylation is 1. The maximum Gasteiger partial charge on any atom is 0.340 e. The lowest BCUT2D eigenvalue weighted by molar-refractivity contribution is -0.384. The third kappa shape index (κ3) is 3.12. The lowest BCUT2D eigenvalue weighted by Crippen LogP contribution is -2.13. The highest BCUT2D eigenvalue weighted by atomic mass is 16.6. The molecule has 0 saturated heterocycles. The quantitative estimate of drug-likeness (QED) is 0.446. The molecule has 2 N–H and O–H groups in total. The molecule has 7 nitrogen and oxygen atoms in total. The lowest BCUT2D eigenvalue weighted by Gasteiger charge is -2.09. The van der Waals surface area contributed by atoms with E-state index in [4.69, 9.17) is 10.2 Å². The van der Waals surface area contributed by atoms with Gasteiger partial charge in [0.05, 0.1) is 4.92 Å². The van der Waals surface area contributed by atoms with Gasteiger partial charge in [-0.2, -0.15) is 0 Å². The van der Waals surface area contributed by atoms with Gasteiger partial charge in [-0.1, -0.05) is 12.1 Å². The van der Waals surface area contributed by atoms with Crippen LogP contribution in [0.15, 0.2) is 51.7 Å². The number of primary amides is 1. The van der Waals surface area contributed by atoms with Crippen molar-refractivity contribution in [3.05, 3.63) is 85.3 Å². The fourth-order valence-electron chi connectivity index (χ4n) is 2.73. The molecular formula is C18H14N2O5. The number of nitrogens with zero attached hydrogens (tertiary/aromatic N) is 1. The van der Waals surface area contributed by atoms with Crippen molar-refractivity contribution in [3.8, 4) is 0 Å². The first-order valence-electron chi connectivity index (χ1n) is 7.46. The number of nitro benzene ring substituents is 1. The summed E-state index contributed by atoms with van der Waals surface area (Å²) in [6, 6.07) is 10.7. The molecule has 0 aliphatic carbocycles. The van der Waals surface area contributed by atoms with Crippen LogP contribution in [0.1, 0.15) is 27.0 Å². The highest BCUT2D eigenvalue weighted by Crippen LogP contribution is 2.23. The Bertz CT molecular complexity index is 1070. The molecular weight excluding hydrogens is 324 g/mol. The predicted octanol–water partition coefficient (Wildman–Crippen LogP) is 2.70. The SMILES string of the molecule is Cc1c(Cc2cccc([N+](=O)[O-])c2)c(=O)oc2ccc(C(N)=O)cc12. The minimum Gasteiger partial charge on any atom is -0.423 e. The molecule has 0 aliphatic heterocycles. The van der Waals surface area contributed by atoms with Crippen LogP contribution in [0, 0.1) is 17.0 Å². The Morgan fingerprint density at radius 3 is 2.68 bits per heavy atom. The van der Waals surface area contributed by atoms with E-state index in [1.807, 2.05) is 0 Å². The van der Waals surface area contributed by atoms with E-state index in [0.29, 0.717) is 33.2 Å². The average Bonchev–Trinajstić information content (AvgIpc) is 2.58. The first kappa shape index (κ1) is 16.4. The summed E-state index contributed by atoms with van der Waals surface area (Å²) in [5.41, 5.74) is 7.07. The topological polar surface area (TPSA) is 116 Å². The van der Waals surface area contributed by atoms with Crippen molar-refractivity contribution >= 4 is 22.6 Å². The van der Waals surface area contributed by atoms with E-state index in [1.54, 1.807) is 25.1 Å². The van der Waals surface area contributed by atoms with Crippen molar-refractivity contribution in [2.24, 2.45) is 5.73 Å². The highest BCUT2D eigenvalue weighted by molar-refractivity contribution is 5.97. The molecule has 0 aliphatic rings. The first-order valence-corrected chi connectivity index (χ1v) is 7.46. The molecule has 126 valence electrons. The van der Waals surface area contributed by atoms with Crippen LogP contribution in [0.3, 0.4) is 0 Å². The van der Waals surface area contributed by atoms with Crippen LogP contribution in [-0.2, 0) is 6.42 Å². The molecule has 2 aromatic carbocycles. The smallest absolute Gasteiger partial charge is 0.340 e. The lowest BCUT2D eigenvalue weighted by atomic mass is 9.98. The van der Waals surface area contributed by atoms with Crippen LogP contribution in [0.5, 0.6) is 0 Å². The fourth-order valence-corrected chi connectivity index (χ4v) is 2.73. The van der Waals surface area contributed by atoms with E-state index >= 15 is 0 Å². The second-order valence-corrected chi connectivity index (χ2v) is 5.67. The second kappa shape index (κ2) is 6.20. The molecule has 7 heteroatoms. The average molecular weight is 338 g/mol. The number of hydrogen-bond donors (Lipinski definition) is 1. The number of carbonyl (C=O) groups is 1. The molecule has 3 rings (SSSR count). The van der Waals surface area contributed by atoms with Gasteiger partial charge >= 0.3 is 5.63 Å². The Labute approximate surface area is 141 Å². The van der Waals surface area contributed by atoms with Gasteiger partial charge < -0.3 is 10.2 Å². The van der Waals surface area contributed by atoms with Crippen molar-refractivity contribution in [2.45, 2.75) is 13.3 Å². The number of rotatable bonds is 4. The number of nitro groups is 1. The first-order chi connectivity index (χ1) is 11.9. The maximum atomic E-state index is 12.3. The maximum absolute atomic E-state index is 12.3. The summed E-state index contributed by atoms with van der Waals surface area (Å²) < 4.78 is 5.32. The molecule has 25 heavy (non-hydrogen) atoms. The summed E-state index contributed by atoms with van der Waals surface area (Å²) >= 11 is 0. The molecule has 0 unspecified atom stereocenters. The minimum absolute atomic E-state index is 0.0451. The highest BCUT2D eigenvalue weighted by Gasteiger charge is 2.15. The molecule has 0 radical (unpaired) electrons. The number of hydrogen-bond acceptors (Lipinski definition) is 5. The largest absolute Gasteiger partial charge is 0.423 e. The number of non-ortho nitro benzene ring substituents is 1. The number of fused-ring (bicyclic) bond motifs is 1. The van der Waals surface area contributed by atoms with Crippen molar-refractivity contribution in [3.63, 3.8) is 0 Å². The molecule has 1 amide bonds.